The highest BCUT2D eigenvalue weighted by atomic mass is 32.2. The highest BCUT2D eigenvalue weighted by molar-refractivity contribution is 7.97. The van der Waals surface area contributed by atoms with Gasteiger partial charge < -0.3 is 15.0 Å². The predicted molar refractivity (Wildman–Crippen MR) is 126 cm³/mol. The van der Waals surface area contributed by atoms with E-state index in [1.54, 1.807) is 11.9 Å². The summed E-state index contributed by atoms with van der Waals surface area (Å²) in [6.07, 6.45) is 3.52. The molecule has 1 aromatic carbocycles. The Morgan fingerprint density at radius 2 is 1.87 bits per heavy atom. The van der Waals surface area contributed by atoms with Crippen LogP contribution in [-0.4, -0.2) is 49.7 Å². The van der Waals surface area contributed by atoms with Crippen LogP contribution in [0.3, 0.4) is 0 Å². The molecule has 2 atom stereocenters. The molecule has 30 heavy (non-hydrogen) atoms. The van der Waals surface area contributed by atoms with E-state index in [2.05, 4.69) is 51.1 Å². The maximum Gasteiger partial charge on any atom is 0.214 e. The summed E-state index contributed by atoms with van der Waals surface area (Å²) >= 11 is 1.63. The second-order valence-electron chi connectivity index (χ2n) is 8.15. The number of rotatable bonds is 10. The van der Waals surface area contributed by atoms with Gasteiger partial charge in [0.25, 0.3) is 0 Å². The Balaban J connectivity index is 1.73. The molecule has 1 aliphatic heterocycles. The molecule has 0 saturated carbocycles. The summed E-state index contributed by atoms with van der Waals surface area (Å²) in [5.74, 6) is 1.21. The standard InChI is InChI=1S/C24H36N4OS/c1-18-6-5-7-23(27-18)29-24(20-8-10-22(11-9-20)30-26-4)21-13-16-28(17-14-21)19(2)12-15-25-3/h5-11,19,21,24-26H,12-17H2,1-4H3. The Morgan fingerprint density at radius 1 is 1.13 bits per heavy atom. The number of hydrogen-bond donors (Lipinski definition) is 2. The summed E-state index contributed by atoms with van der Waals surface area (Å²) in [5, 5.41) is 3.27. The summed E-state index contributed by atoms with van der Waals surface area (Å²) in [7, 11) is 3.97. The zero-order valence-corrected chi connectivity index (χ0v) is 19.5. The molecule has 1 saturated heterocycles. The van der Waals surface area contributed by atoms with Gasteiger partial charge in [0.05, 0.1) is 0 Å². The van der Waals surface area contributed by atoms with Crippen LogP contribution in [0.15, 0.2) is 47.4 Å². The molecule has 5 nitrogen and oxygen atoms in total. The molecule has 0 radical (unpaired) electrons. The molecular formula is C24H36N4OS. The van der Waals surface area contributed by atoms with Crippen LogP contribution in [0.4, 0.5) is 0 Å². The first-order valence-electron chi connectivity index (χ1n) is 11.0. The van der Waals surface area contributed by atoms with Crippen molar-refractivity contribution in [1.29, 1.82) is 0 Å². The first-order valence-corrected chi connectivity index (χ1v) is 11.8. The number of aromatic nitrogens is 1. The number of ether oxygens (including phenoxy) is 1. The second-order valence-corrected chi connectivity index (χ2v) is 9.23. The van der Waals surface area contributed by atoms with E-state index >= 15 is 0 Å². The van der Waals surface area contributed by atoms with E-state index in [0.717, 1.165) is 44.0 Å². The van der Waals surface area contributed by atoms with E-state index in [0.29, 0.717) is 12.0 Å². The highest BCUT2D eigenvalue weighted by Crippen LogP contribution is 2.35. The van der Waals surface area contributed by atoms with Crippen LogP contribution >= 0.6 is 11.9 Å². The van der Waals surface area contributed by atoms with E-state index in [1.807, 2.05) is 39.2 Å². The zero-order valence-electron chi connectivity index (χ0n) is 18.7. The maximum absolute atomic E-state index is 6.52. The summed E-state index contributed by atoms with van der Waals surface area (Å²) in [6.45, 7) is 7.69. The third-order valence-electron chi connectivity index (χ3n) is 5.98. The van der Waals surface area contributed by atoms with Gasteiger partial charge in [-0.05, 0) is 103 Å². The number of nitrogens with one attached hydrogen (secondary N) is 2. The lowest BCUT2D eigenvalue weighted by atomic mass is 9.86. The molecule has 2 N–H and O–H groups in total. The van der Waals surface area contributed by atoms with Crippen LogP contribution < -0.4 is 14.8 Å². The molecule has 2 aromatic rings. The van der Waals surface area contributed by atoms with Gasteiger partial charge in [0.1, 0.15) is 6.10 Å². The number of hydrogen-bond acceptors (Lipinski definition) is 6. The first-order chi connectivity index (χ1) is 14.6. The van der Waals surface area contributed by atoms with Crippen molar-refractivity contribution in [1.82, 2.24) is 19.9 Å². The monoisotopic (exact) mass is 428 g/mol. The third-order valence-corrected chi connectivity index (χ3v) is 6.69. The van der Waals surface area contributed by atoms with Crippen LogP contribution in [0.2, 0.25) is 0 Å². The lowest BCUT2D eigenvalue weighted by Crippen LogP contribution is -2.42. The van der Waals surface area contributed by atoms with Gasteiger partial charge in [-0.2, -0.15) is 0 Å². The maximum atomic E-state index is 6.52. The van der Waals surface area contributed by atoms with Crippen LogP contribution in [0.5, 0.6) is 5.88 Å². The van der Waals surface area contributed by atoms with E-state index in [4.69, 9.17) is 4.74 Å². The quantitative estimate of drug-likeness (QED) is 0.546. The summed E-state index contributed by atoms with van der Waals surface area (Å²) in [4.78, 5) is 8.44. The molecule has 2 unspecified atom stereocenters. The third kappa shape index (κ3) is 6.45. The molecule has 164 valence electrons. The van der Waals surface area contributed by atoms with Gasteiger partial charge in [-0.25, -0.2) is 4.98 Å². The van der Waals surface area contributed by atoms with Crippen molar-refractivity contribution in [3.8, 4) is 5.88 Å². The Morgan fingerprint density at radius 3 is 2.50 bits per heavy atom. The van der Waals surface area contributed by atoms with Crippen molar-refractivity contribution < 1.29 is 4.74 Å². The number of pyridine rings is 1. The number of likely N-dealkylation sites (tertiary alicyclic amines) is 1. The van der Waals surface area contributed by atoms with Gasteiger partial charge in [-0.1, -0.05) is 18.2 Å². The molecule has 0 bridgehead atoms. The van der Waals surface area contributed by atoms with Crippen LogP contribution in [0.1, 0.15) is 43.5 Å². The van der Waals surface area contributed by atoms with Crippen LogP contribution in [0.25, 0.3) is 0 Å². The summed E-state index contributed by atoms with van der Waals surface area (Å²) < 4.78 is 9.66. The van der Waals surface area contributed by atoms with Crippen molar-refractivity contribution in [2.75, 3.05) is 33.7 Å². The fraction of sp³-hybridized carbons (Fsp3) is 0.542. The van der Waals surface area contributed by atoms with Crippen molar-refractivity contribution in [3.63, 3.8) is 0 Å². The molecule has 2 heterocycles. The minimum absolute atomic E-state index is 0.0303. The number of nitrogens with zero attached hydrogens (tertiary/aromatic N) is 2. The van der Waals surface area contributed by atoms with Gasteiger partial charge in [0.15, 0.2) is 0 Å². The number of piperidine rings is 1. The average molecular weight is 429 g/mol. The highest BCUT2D eigenvalue weighted by Gasteiger charge is 2.31. The molecule has 1 aliphatic rings. The fourth-order valence-electron chi connectivity index (χ4n) is 4.19. The topological polar surface area (TPSA) is 49.4 Å². The smallest absolute Gasteiger partial charge is 0.214 e. The Hall–Kier alpha value is -1.60. The molecule has 1 fully saturated rings. The molecule has 0 amide bonds. The Kier molecular flexibility index (Phi) is 9.00. The van der Waals surface area contributed by atoms with Crippen molar-refractivity contribution in [2.45, 2.75) is 50.2 Å². The number of aryl methyl sites for hydroxylation is 1. The molecule has 0 aliphatic carbocycles. The summed E-state index contributed by atoms with van der Waals surface area (Å²) in [6, 6.07) is 15.4. The molecular weight excluding hydrogens is 392 g/mol. The SMILES string of the molecule is CNCCC(C)N1CCC(C(Oc2cccc(C)n2)c2ccc(SNC)cc2)CC1. The largest absolute Gasteiger partial charge is 0.469 e. The Labute approximate surface area is 186 Å². The van der Waals surface area contributed by atoms with Gasteiger partial charge in [0.2, 0.25) is 5.88 Å². The summed E-state index contributed by atoms with van der Waals surface area (Å²) in [5.41, 5.74) is 2.22. The zero-order chi connectivity index (χ0) is 21.3. The van der Waals surface area contributed by atoms with Crippen LogP contribution in [0, 0.1) is 12.8 Å². The van der Waals surface area contributed by atoms with Crippen LogP contribution in [-0.2, 0) is 0 Å². The lowest BCUT2D eigenvalue weighted by Gasteiger charge is -2.39. The van der Waals surface area contributed by atoms with Gasteiger partial charge in [-0.15, -0.1) is 0 Å². The van der Waals surface area contributed by atoms with Gasteiger partial charge >= 0.3 is 0 Å². The van der Waals surface area contributed by atoms with Crippen molar-refractivity contribution in [3.05, 3.63) is 53.7 Å². The normalized spacial score (nSPS) is 17.6. The predicted octanol–water partition coefficient (Wildman–Crippen LogP) is 4.45. The van der Waals surface area contributed by atoms with E-state index in [-0.39, 0.29) is 6.10 Å². The van der Waals surface area contributed by atoms with E-state index in [9.17, 15) is 0 Å². The van der Waals surface area contributed by atoms with Gasteiger partial charge in [0, 0.05) is 28.6 Å². The lowest BCUT2D eigenvalue weighted by molar-refractivity contribution is 0.0582. The average Bonchev–Trinajstić information content (AvgIpc) is 2.77. The Bertz CT molecular complexity index is 762. The molecule has 1 aromatic heterocycles. The molecule has 6 heteroatoms. The second kappa shape index (κ2) is 11.7. The molecule has 0 spiro atoms. The first kappa shape index (κ1) is 23.1. The van der Waals surface area contributed by atoms with E-state index < -0.39 is 0 Å². The minimum Gasteiger partial charge on any atom is -0.469 e. The molecule has 3 rings (SSSR count). The van der Waals surface area contributed by atoms with Crippen molar-refractivity contribution in [2.24, 2.45) is 5.92 Å². The minimum atomic E-state index is 0.0303. The van der Waals surface area contributed by atoms with Gasteiger partial charge in [-0.3, -0.25) is 4.72 Å². The van der Waals surface area contributed by atoms with Crippen molar-refractivity contribution >= 4 is 11.9 Å². The van der Waals surface area contributed by atoms with E-state index in [1.165, 1.54) is 16.9 Å². The number of benzene rings is 1. The fourth-order valence-corrected chi connectivity index (χ4v) is 4.70.